The standard InChI is InChI=1S/C11H15F2N.C4H6.CH5N.H2O/c1-8(2)6-14-7-9-3-10(12)5-11(13)4-9;1-3-4-2;1-2;/h3-5,8,14H,6-7H2,1-2H3;3-4H,1-2H2;2H2,1H3;1H2. The number of benzene rings is 1. The summed E-state index contributed by atoms with van der Waals surface area (Å²) in [5.41, 5.74) is 5.14. The molecule has 1 aromatic rings. The average Bonchev–Trinajstić information content (AvgIpc) is 2.40. The number of hydrogen-bond donors (Lipinski definition) is 2. The smallest absolute Gasteiger partial charge is 0.126 e. The Balaban J connectivity index is -0.000000401. The summed E-state index contributed by atoms with van der Waals surface area (Å²) in [7, 11) is 1.50. The van der Waals surface area contributed by atoms with Crippen molar-refractivity contribution in [2.75, 3.05) is 13.6 Å². The molecular formula is C16H28F2N2O. The second-order valence-electron chi connectivity index (χ2n) is 4.27. The third-order valence-corrected chi connectivity index (χ3v) is 1.97. The van der Waals surface area contributed by atoms with Crippen LogP contribution in [-0.4, -0.2) is 19.1 Å². The van der Waals surface area contributed by atoms with Gasteiger partial charge in [-0.3, -0.25) is 0 Å². The zero-order chi connectivity index (χ0) is 16.0. The fraction of sp³-hybridized carbons (Fsp3) is 0.375. The molecule has 0 spiro atoms. The maximum Gasteiger partial charge on any atom is 0.126 e. The molecule has 0 atom stereocenters. The largest absolute Gasteiger partial charge is 0.412 e. The van der Waals surface area contributed by atoms with Crippen molar-refractivity contribution in [2.45, 2.75) is 20.4 Å². The van der Waals surface area contributed by atoms with Crippen LogP contribution in [0.3, 0.4) is 0 Å². The van der Waals surface area contributed by atoms with Crippen molar-refractivity contribution < 1.29 is 14.3 Å². The summed E-state index contributed by atoms with van der Waals surface area (Å²) in [6.45, 7) is 12.2. The number of hydrogen-bond acceptors (Lipinski definition) is 2. The highest BCUT2D eigenvalue weighted by molar-refractivity contribution is 5.17. The van der Waals surface area contributed by atoms with Crippen molar-refractivity contribution in [1.29, 1.82) is 0 Å². The number of rotatable bonds is 5. The molecule has 0 aliphatic heterocycles. The predicted octanol–water partition coefficient (Wildman–Crippen LogP) is 2.82. The SMILES string of the molecule is C=CC=C.CC(C)CNCc1cc(F)cc(F)c1.CN.O. The van der Waals surface area contributed by atoms with Gasteiger partial charge in [0, 0.05) is 12.6 Å². The highest BCUT2D eigenvalue weighted by Gasteiger charge is 2.00. The molecule has 0 aliphatic rings. The van der Waals surface area contributed by atoms with Gasteiger partial charge in [-0.05, 0) is 37.2 Å². The molecule has 0 saturated heterocycles. The van der Waals surface area contributed by atoms with Crippen LogP contribution in [0.4, 0.5) is 8.78 Å². The summed E-state index contributed by atoms with van der Waals surface area (Å²) in [6.07, 6.45) is 3.28. The number of halogens is 2. The van der Waals surface area contributed by atoms with E-state index in [2.05, 4.69) is 38.1 Å². The molecule has 122 valence electrons. The van der Waals surface area contributed by atoms with Gasteiger partial charge in [-0.1, -0.05) is 39.2 Å². The Morgan fingerprint density at radius 1 is 1.10 bits per heavy atom. The minimum Gasteiger partial charge on any atom is -0.412 e. The first-order chi connectivity index (χ1) is 9.49. The molecule has 0 aliphatic carbocycles. The summed E-state index contributed by atoms with van der Waals surface area (Å²) in [5.74, 6) is -0.508. The van der Waals surface area contributed by atoms with E-state index in [-0.39, 0.29) is 5.48 Å². The first-order valence-electron chi connectivity index (χ1n) is 6.46. The Hall–Kier alpha value is -1.56. The first kappa shape index (κ1) is 24.5. The molecule has 0 fully saturated rings. The maximum atomic E-state index is 12.7. The van der Waals surface area contributed by atoms with Crippen LogP contribution in [0.1, 0.15) is 19.4 Å². The number of nitrogens with two attached hydrogens (primary N) is 1. The third kappa shape index (κ3) is 16.4. The molecule has 0 unspecified atom stereocenters. The van der Waals surface area contributed by atoms with E-state index >= 15 is 0 Å². The molecular weight excluding hydrogens is 274 g/mol. The molecule has 0 aromatic heterocycles. The molecule has 3 nitrogen and oxygen atoms in total. The van der Waals surface area contributed by atoms with Gasteiger partial charge in [0.05, 0.1) is 0 Å². The zero-order valence-corrected chi connectivity index (χ0v) is 13.1. The van der Waals surface area contributed by atoms with Gasteiger partial charge in [0.25, 0.3) is 0 Å². The molecule has 0 saturated carbocycles. The molecule has 0 heterocycles. The van der Waals surface area contributed by atoms with Crippen molar-refractivity contribution >= 4 is 0 Å². The first-order valence-corrected chi connectivity index (χ1v) is 6.46. The van der Waals surface area contributed by atoms with Crippen molar-refractivity contribution in [1.82, 2.24) is 5.32 Å². The summed E-state index contributed by atoms with van der Waals surface area (Å²) in [6, 6.07) is 3.57. The lowest BCUT2D eigenvalue weighted by Gasteiger charge is -2.07. The Morgan fingerprint density at radius 3 is 1.86 bits per heavy atom. The van der Waals surface area contributed by atoms with Gasteiger partial charge in [0.2, 0.25) is 0 Å². The zero-order valence-electron chi connectivity index (χ0n) is 13.1. The van der Waals surface area contributed by atoms with E-state index in [1.165, 1.54) is 19.2 Å². The van der Waals surface area contributed by atoms with Gasteiger partial charge in [-0.15, -0.1) is 0 Å². The van der Waals surface area contributed by atoms with E-state index in [0.29, 0.717) is 18.0 Å². The molecule has 5 heteroatoms. The molecule has 0 amide bonds. The number of allylic oxidation sites excluding steroid dienone is 2. The summed E-state index contributed by atoms with van der Waals surface area (Å²) < 4.78 is 25.5. The Kier molecular flexibility index (Phi) is 19.2. The van der Waals surface area contributed by atoms with Crippen LogP contribution in [-0.2, 0) is 6.54 Å². The van der Waals surface area contributed by atoms with Crippen LogP contribution in [0.15, 0.2) is 43.5 Å². The minimum absolute atomic E-state index is 0. The van der Waals surface area contributed by atoms with Crippen molar-refractivity contribution in [3.8, 4) is 0 Å². The Labute approximate surface area is 126 Å². The quantitative estimate of drug-likeness (QED) is 0.821. The molecule has 0 bridgehead atoms. The fourth-order valence-electron chi connectivity index (χ4n) is 1.22. The van der Waals surface area contributed by atoms with Crippen LogP contribution < -0.4 is 11.1 Å². The second-order valence-corrected chi connectivity index (χ2v) is 4.27. The molecule has 0 radical (unpaired) electrons. The summed E-state index contributed by atoms with van der Waals surface area (Å²) in [5, 5.41) is 3.12. The van der Waals surface area contributed by atoms with Gasteiger partial charge in [-0.2, -0.15) is 0 Å². The van der Waals surface area contributed by atoms with Crippen LogP contribution in [0, 0.1) is 17.6 Å². The van der Waals surface area contributed by atoms with Gasteiger partial charge < -0.3 is 16.5 Å². The minimum atomic E-state index is -0.522. The van der Waals surface area contributed by atoms with Gasteiger partial charge in [0.15, 0.2) is 0 Å². The van der Waals surface area contributed by atoms with E-state index < -0.39 is 11.6 Å². The van der Waals surface area contributed by atoms with E-state index in [0.717, 1.165) is 12.6 Å². The van der Waals surface area contributed by atoms with E-state index in [1.807, 2.05) is 0 Å². The van der Waals surface area contributed by atoms with Crippen molar-refractivity contribution in [3.05, 3.63) is 60.7 Å². The molecule has 5 N–H and O–H groups in total. The number of nitrogens with one attached hydrogen (secondary N) is 1. The predicted molar refractivity (Wildman–Crippen MR) is 87.0 cm³/mol. The monoisotopic (exact) mass is 302 g/mol. The van der Waals surface area contributed by atoms with Gasteiger partial charge >= 0.3 is 0 Å². The highest BCUT2D eigenvalue weighted by atomic mass is 19.1. The lowest BCUT2D eigenvalue weighted by atomic mass is 10.2. The third-order valence-electron chi connectivity index (χ3n) is 1.97. The van der Waals surface area contributed by atoms with E-state index in [4.69, 9.17) is 0 Å². The Morgan fingerprint density at radius 2 is 1.52 bits per heavy atom. The molecule has 21 heavy (non-hydrogen) atoms. The van der Waals surface area contributed by atoms with Crippen LogP contribution >= 0.6 is 0 Å². The fourth-order valence-corrected chi connectivity index (χ4v) is 1.22. The topological polar surface area (TPSA) is 69.5 Å². The lowest BCUT2D eigenvalue weighted by Crippen LogP contribution is -2.19. The summed E-state index contributed by atoms with van der Waals surface area (Å²) >= 11 is 0. The van der Waals surface area contributed by atoms with E-state index in [9.17, 15) is 8.78 Å². The van der Waals surface area contributed by atoms with E-state index in [1.54, 1.807) is 12.2 Å². The van der Waals surface area contributed by atoms with Crippen LogP contribution in [0.25, 0.3) is 0 Å². The normalized spacial score (nSPS) is 8.52. The average molecular weight is 302 g/mol. The maximum absolute atomic E-state index is 12.7. The highest BCUT2D eigenvalue weighted by Crippen LogP contribution is 2.07. The van der Waals surface area contributed by atoms with Crippen molar-refractivity contribution in [3.63, 3.8) is 0 Å². The Bertz CT molecular complexity index is 356. The molecule has 1 aromatic carbocycles. The second kappa shape index (κ2) is 16.5. The summed E-state index contributed by atoms with van der Waals surface area (Å²) in [4.78, 5) is 0. The van der Waals surface area contributed by atoms with Crippen LogP contribution in [0.2, 0.25) is 0 Å². The van der Waals surface area contributed by atoms with Gasteiger partial charge in [-0.25, -0.2) is 8.78 Å². The van der Waals surface area contributed by atoms with Gasteiger partial charge in [0.1, 0.15) is 11.6 Å². The van der Waals surface area contributed by atoms with Crippen molar-refractivity contribution in [2.24, 2.45) is 11.7 Å². The van der Waals surface area contributed by atoms with Crippen LogP contribution in [0.5, 0.6) is 0 Å². The lowest BCUT2D eigenvalue weighted by molar-refractivity contribution is 0.543. The molecule has 1 rings (SSSR count).